The van der Waals surface area contributed by atoms with E-state index in [2.05, 4.69) is 15.9 Å². The van der Waals surface area contributed by atoms with Crippen molar-refractivity contribution in [3.8, 4) is 0 Å². The second-order valence-electron chi connectivity index (χ2n) is 2.28. The van der Waals surface area contributed by atoms with Crippen molar-refractivity contribution in [1.82, 2.24) is 4.90 Å². The summed E-state index contributed by atoms with van der Waals surface area (Å²) in [5, 5.41) is 0. The van der Waals surface area contributed by atoms with E-state index in [1.165, 1.54) is 0 Å². The SMILES string of the molecule is O=C(Br)N1CCC(F)(F)C1. The van der Waals surface area contributed by atoms with Gasteiger partial charge in [-0.05, 0) is 0 Å². The molecular formula is C5H6BrF2NO. The molecular weight excluding hydrogens is 208 g/mol. The van der Waals surface area contributed by atoms with E-state index in [4.69, 9.17) is 0 Å². The van der Waals surface area contributed by atoms with Crippen molar-refractivity contribution in [2.45, 2.75) is 12.3 Å². The van der Waals surface area contributed by atoms with Crippen LogP contribution in [0.15, 0.2) is 0 Å². The van der Waals surface area contributed by atoms with Crippen molar-refractivity contribution in [3.63, 3.8) is 0 Å². The van der Waals surface area contributed by atoms with Gasteiger partial charge >= 0.3 is 0 Å². The third kappa shape index (κ3) is 1.65. The lowest BCUT2D eigenvalue weighted by molar-refractivity contribution is 0.0164. The Kier molecular flexibility index (Phi) is 1.94. The highest BCUT2D eigenvalue weighted by molar-refractivity contribution is 9.18. The molecule has 10 heavy (non-hydrogen) atoms. The van der Waals surface area contributed by atoms with E-state index in [0.717, 1.165) is 4.90 Å². The highest BCUT2D eigenvalue weighted by Crippen LogP contribution is 2.27. The maximum absolute atomic E-state index is 12.3. The van der Waals surface area contributed by atoms with Gasteiger partial charge in [-0.25, -0.2) is 8.78 Å². The number of halogens is 3. The molecule has 0 aromatic heterocycles. The summed E-state index contributed by atoms with van der Waals surface area (Å²) < 4.78 is 24.7. The Morgan fingerprint density at radius 1 is 1.60 bits per heavy atom. The van der Waals surface area contributed by atoms with Gasteiger partial charge < -0.3 is 4.90 Å². The number of nitrogens with zero attached hydrogens (tertiary/aromatic N) is 1. The van der Waals surface area contributed by atoms with E-state index in [1.807, 2.05) is 0 Å². The molecule has 1 saturated heterocycles. The molecule has 0 spiro atoms. The van der Waals surface area contributed by atoms with Crippen LogP contribution in [0.3, 0.4) is 0 Å². The topological polar surface area (TPSA) is 20.3 Å². The zero-order chi connectivity index (χ0) is 7.78. The highest BCUT2D eigenvalue weighted by Gasteiger charge is 2.39. The van der Waals surface area contributed by atoms with Crippen LogP contribution in [0.5, 0.6) is 0 Å². The van der Waals surface area contributed by atoms with Gasteiger partial charge in [-0.1, -0.05) is 0 Å². The molecule has 1 aliphatic rings. The van der Waals surface area contributed by atoms with Gasteiger partial charge in [0.25, 0.3) is 10.7 Å². The van der Waals surface area contributed by atoms with Crippen LogP contribution in [0.4, 0.5) is 13.6 Å². The van der Waals surface area contributed by atoms with Crippen molar-refractivity contribution >= 4 is 20.7 Å². The van der Waals surface area contributed by atoms with Gasteiger partial charge in [-0.15, -0.1) is 0 Å². The zero-order valence-electron chi connectivity index (χ0n) is 5.11. The number of amides is 1. The predicted octanol–water partition coefficient (Wildman–Crippen LogP) is 1.84. The Balaban J connectivity index is 2.51. The molecule has 1 rings (SSSR count). The molecule has 0 atom stereocenters. The molecule has 58 valence electrons. The Morgan fingerprint density at radius 3 is 2.40 bits per heavy atom. The molecule has 1 heterocycles. The summed E-state index contributed by atoms with van der Waals surface area (Å²) >= 11 is 2.61. The standard InChI is InChI=1S/C5H6BrF2NO/c6-4(10)9-2-1-5(7,8)3-9/h1-3H2. The molecule has 1 amide bonds. The van der Waals surface area contributed by atoms with E-state index in [1.54, 1.807) is 0 Å². The molecule has 2 nitrogen and oxygen atoms in total. The second kappa shape index (κ2) is 2.45. The van der Waals surface area contributed by atoms with Crippen LogP contribution in [-0.4, -0.2) is 28.7 Å². The number of alkyl halides is 2. The van der Waals surface area contributed by atoms with Crippen LogP contribution in [-0.2, 0) is 0 Å². The molecule has 1 fully saturated rings. The third-order valence-corrected chi connectivity index (χ3v) is 1.92. The van der Waals surface area contributed by atoms with E-state index in [-0.39, 0.29) is 13.0 Å². The normalized spacial score (nSPS) is 23.3. The average molecular weight is 214 g/mol. The maximum atomic E-state index is 12.3. The summed E-state index contributed by atoms with van der Waals surface area (Å²) in [6.45, 7) is -0.297. The van der Waals surface area contributed by atoms with E-state index >= 15 is 0 Å². The fourth-order valence-corrected chi connectivity index (χ4v) is 1.19. The molecule has 0 aromatic carbocycles. The quantitative estimate of drug-likeness (QED) is 0.445. The van der Waals surface area contributed by atoms with Crippen molar-refractivity contribution in [2.75, 3.05) is 13.1 Å². The van der Waals surface area contributed by atoms with Gasteiger partial charge in [0, 0.05) is 28.9 Å². The van der Waals surface area contributed by atoms with Gasteiger partial charge in [0.05, 0.1) is 6.54 Å². The lowest BCUT2D eigenvalue weighted by Crippen LogP contribution is -2.26. The minimum absolute atomic E-state index is 0.150. The average Bonchev–Trinajstić information content (AvgIpc) is 2.10. The number of rotatable bonds is 0. The minimum Gasteiger partial charge on any atom is -0.327 e. The maximum Gasteiger partial charge on any atom is 0.289 e. The number of carbonyl (C=O) groups excluding carboxylic acids is 1. The van der Waals surface area contributed by atoms with Crippen LogP contribution in [0, 0.1) is 0 Å². The second-order valence-corrected chi connectivity index (χ2v) is 2.96. The number of likely N-dealkylation sites (tertiary alicyclic amines) is 1. The summed E-state index contributed by atoms with van der Waals surface area (Å²) in [5.41, 5.74) is 0. The smallest absolute Gasteiger partial charge is 0.289 e. The lowest BCUT2D eigenvalue weighted by Gasteiger charge is -2.10. The Morgan fingerprint density at radius 2 is 2.20 bits per heavy atom. The first kappa shape index (κ1) is 7.91. The molecule has 5 heteroatoms. The monoisotopic (exact) mass is 213 g/mol. The first-order valence-electron chi connectivity index (χ1n) is 2.83. The molecule has 1 aliphatic heterocycles. The zero-order valence-corrected chi connectivity index (χ0v) is 6.70. The van der Waals surface area contributed by atoms with E-state index in [9.17, 15) is 13.6 Å². The molecule has 0 aliphatic carbocycles. The van der Waals surface area contributed by atoms with Crippen LogP contribution in [0.1, 0.15) is 6.42 Å². The fourth-order valence-electron chi connectivity index (χ4n) is 0.886. The Hall–Kier alpha value is -0.190. The third-order valence-electron chi connectivity index (χ3n) is 1.42. The fraction of sp³-hybridized carbons (Fsp3) is 0.800. The Labute approximate surface area is 65.3 Å². The van der Waals surface area contributed by atoms with Crippen LogP contribution in [0.25, 0.3) is 0 Å². The van der Waals surface area contributed by atoms with Crippen molar-refractivity contribution in [1.29, 1.82) is 0 Å². The summed E-state index contributed by atoms with van der Waals surface area (Å²) in [5.74, 6) is -2.68. The van der Waals surface area contributed by atoms with Crippen molar-refractivity contribution in [2.24, 2.45) is 0 Å². The largest absolute Gasteiger partial charge is 0.327 e. The molecule has 0 saturated carbocycles. The van der Waals surface area contributed by atoms with Gasteiger partial charge in [-0.3, -0.25) is 4.79 Å². The predicted molar refractivity (Wildman–Crippen MR) is 35.5 cm³/mol. The molecule has 0 bridgehead atoms. The Bertz CT molecular complexity index is 162. The molecule has 0 aromatic rings. The summed E-state index contributed by atoms with van der Waals surface area (Å²) in [4.78, 5) is 11.1. The van der Waals surface area contributed by atoms with Crippen LogP contribution >= 0.6 is 15.9 Å². The van der Waals surface area contributed by atoms with Gasteiger partial charge in [0.15, 0.2) is 0 Å². The van der Waals surface area contributed by atoms with Gasteiger partial charge in [-0.2, -0.15) is 0 Å². The first-order valence-corrected chi connectivity index (χ1v) is 3.63. The van der Waals surface area contributed by atoms with Crippen LogP contribution < -0.4 is 0 Å². The van der Waals surface area contributed by atoms with Crippen LogP contribution in [0.2, 0.25) is 0 Å². The van der Waals surface area contributed by atoms with Crippen molar-refractivity contribution in [3.05, 3.63) is 0 Å². The van der Waals surface area contributed by atoms with Gasteiger partial charge in [0.2, 0.25) is 0 Å². The lowest BCUT2D eigenvalue weighted by atomic mass is 10.3. The first-order chi connectivity index (χ1) is 4.51. The number of carbonyl (C=O) groups is 1. The van der Waals surface area contributed by atoms with E-state index < -0.39 is 17.3 Å². The van der Waals surface area contributed by atoms with E-state index in [0.29, 0.717) is 0 Å². The summed E-state index contributed by atoms with van der Waals surface area (Å²) in [6.07, 6.45) is -0.218. The van der Waals surface area contributed by atoms with Gasteiger partial charge in [0.1, 0.15) is 0 Å². The number of hydrogen-bond donors (Lipinski definition) is 0. The molecule has 0 unspecified atom stereocenters. The molecule has 0 radical (unpaired) electrons. The number of hydrogen-bond acceptors (Lipinski definition) is 1. The highest BCUT2D eigenvalue weighted by atomic mass is 79.9. The molecule has 0 N–H and O–H groups in total. The van der Waals surface area contributed by atoms with Crippen molar-refractivity contribution < 1.29 is 13.6 Å². The minimum atomic E-state index is -2.68. The summed E-state index contributed by atoms with van der Waals surface area (Å²) in [7, 11) is 0. The summed E-state index contributed by atoms with van der Waals surface area (Å²) in [6, 6.07) is 0.